The fourth-order valence-corrected chi connectivity index (χ4v) is 1.92. The van der Waals surface area contributed by atoms with Gasteiger partial charge in [-0.05, 0) is 36.8 Å². The molecule has 0 fully saturated rings. The van der Waals surface area contributed by atoms with Crippen LogP contribution in [0.2, 0.25) is 5.02 Å². The number of carboxylic acid groups (broad SMARTS) is 1. The summed E-state index contributed by atoms with van der Waals surface area (Å²) < 4.78 is 18.2. The maximum Gasteiger partial charge on any atom is 0.371 e. The smallest absolute Gasteiger partial charge is 0.371 e. The van der Waals surface area contributed by atoms with E-state index in [0.717, 1.165) is 5.56 Å². The molecule has 0 aliphatic carbocycles. The highest BCUT2D eigenvalue weighted by atomic mass is 35.5. The minimum atomic E-state index is -1.10. The van der Waals surface area contributed by atoms with Crippen molar-refractivity contribution >= 4 is 17.6 Å². The number of carboxylic acids is 1. The summed E-state index contributed by atoms with van der Waals surface area (Å²) >= 11 is 5.70. The van der Waals surface area contributed by atoms with Crippen molar-refractivity contribution in [3.63, 3.8) is 0 Å². The molecule has 1 unspecified atom stereocenters. The number of carbonyl (C=O) groups is 1. The summed E-state index contributed by atoms with van der Waals surface area (Å²) in [6, 6.07) is 7.32. The third-order valence-electron chi connectivity index (χ3n) is 2.86. The van der Waals surface area contributed by atoms with Crippen LogP contribution in [0.1, 0.15) is 34.8 Å². The van der Waals surface area contributed by atoms with Crippen LogP contribution in [0.4, 0.5) is 4.39 Å². The summed E-state index contributed by atoms with van der Waals surface area (Å²) in [6.45, 7) is 2.31. The predicted molar refractivity (Wildman–Crippen MR) is 72.3 cm³/mol. The lowest BCUT2D eigenvalue weighted by Crippen LogP contribution is -2.17. The zero-order valence-electron chi connectivity index (χ0n) is 10.7. The Morgan fingerprint density at radius 3 is 2.80 bits per heavy atom. The number of aromatic carboxylic acids is 1. The number of hydrogen-bond acceptors (Lipinski definition) is 3. The van der Waals surface area contributed by atoms with Crippen molar-refractivity contribution in [1.82, 2.24) is 5.32 Å². The molecule has 2 rings (SSSR count). The lowest BCUT2D eigenvalue weighted by atomic mass is 10.2. The van der Waals surface area contributed by atoms with Crippen LogP contribution in [0.25, 0.3) is 0 Å². The van der Waals surface area contributed by atoms with E-state index in [-0.39, 0.29) is 16.8 Å². The van der Waals surface area contributed by atoms with Gasteiger partial charge in [0.15, 0.2) is 0 Å². The van der Waals surface area contributed by atoms with Crippen molar-refractivity contribution in [3.8, 4) is 0 Å². The lowest BCUT2D eigenvalue weighted by molar-refractivity contribution is 0.0659. The Balaban J connectivity index is 1.98. The molecule has 0 radical (unpaired) electrons. The van der Waals surface area contributed by atoms with Crippen LogP contribution >= 0.6 is 11.6 Å². The quantitative estimate of drug-likeness (QED) is 0.885. The van der Waals surface area contributed by atoms with Gasteiger partial charge in [-0.15, -0.1) is 0 Å². The topological polar surface area (TPSA) is 62.5 Å². The maximum absolute atomic E-state index is 13.0. The Hall–Kier alpha value is -1.85. The van der Waals surface area contributed by atoms with E-state index in [1.807, 2.05) is 6.92 Å². The van der Waals surface area contributed by atoms with Gasteiger partial charge in [0.25, 0.3) is 0 Å². The van der Waals surface area contributed by atoms with Crippen molar-refractivity contribution in [2.45, 2.75) is 19.5 Å². The second-order valence-electron chi connectivity index (χ2n) is 4.36. The van der Waals surface area contributed by atoms with Gasteiger partial charge in [-0.25, -0.2) is 9.18 Å². The second kappa shape index (κ2) is 6.07. The average Bonchev–Trinajstić information content (AvgIpc) is 2.89. The third-order valence-corrected chi connectivity index (χ3v) is 3.15. The summed E-state index contributed by atoms with van der Waals surface area (Å²) in [4.78, 5) is 10.7. The van der Waals surface area contributed by atoms with E-state index < -0.39 is 11.8 Å². The number of furan rings is 1. The predicted octanol–water partition coefficient (Wildman–Crippen LogP) is 3.62. The molecule has 0 spiro atoms. The number of nitrogens with one attached hydrogen (secondary N) is 1. The molecule has 1 heterocycles. The molecule has 20 heavy (non-hydrogen) atoms. The fraction of sp³-hybridized carbons (Fsp3) is 0.214. The van der Waals surface area contributed by atoms with Gasteiger partial charge in [0.05, 0.1) is 11.1 Å². The molecule has 1 aromatic carbocycles. The van der Waals surface area contributed by atoms with Gasteiger partial charge in [-0.2, -0.15) is 0 Å². The Labute approximate surface area is 120 Å². The van der Waals surface area contributed by atoms with Crippen molar-refractivity contribution < 1.29 is 18.7 Å². The summed E-state index contributed by atoms with van der Waals surface area (Å²) in [5.41, 5.74) is 0.827. The Kier molecular flexibility index (Phi) is 4.42. The fourth-order valence-electron chi connectivity index (χ4n) is 1.72. The van der Waals surface area contributed by atoms with E-state index in [4.69, 9.17) is 21.1 Å². The molecule has 1 aromatic heterocycles. The minimum absolute atomic E-state index is 0.0723. The van der Waals surface area contributed by atoms with Crippen LogP contribution in [-0.2, 0) is 6.54 Å². The van der Waals surface area contributed by atoms with Crippen molar-refractivity contribution in [2.75, 3.05) is 0 Å². The monoisotopic (exact) mass is 297 g/mol. The van der Waals surface area contributed by atoms with Crippen molar-refractivity contribution in [1.29, 1.82) is 0 Å². The van der Waals surface area contributed by atoms with E-state index in [2.05, 4.69) is 5.32 Å². The van der Waals surface area contributed by atoms with E-state index in [9.17, 15) is 9.18 Å². The average molecular weight is 298 g/mol. The van der Waals surface area contributed by atoms with E-state index >= 15 is 0 Å². The molecule has 6 heteroatoms. The highest BCUT2D eigenvalue weighted by Crippen LogP contribution is 2.19. The summed E-state index contributed by atoms with van der Waals surface area (Å²) in [6.07, 6.45) is 0. The van der Waals surface area contributed by atoms with Gasteiger partial charge >= 0.3 is 5.97 Å². The van der Waals surface area contributed by atoms with Crippen molar-refractivity contribution in [3.05, 3.63) is 58.3 Å². The van der Waals surface area contributed by atoms with E-state index in [1.165, 1.54) is 12.1 Å². The van der Waals surface area contributed by atoms with Crippen LogP contribution < -0.4 is 5.32 Å². The molecule has 0 amide bonds. The number of hydrogen-bond donors (Lipinski definition) is 2. The highest BCUT2D eigenvalue weighted by molar-refractivity contribution is 6.30. The summed E-state index contributed by atoms with van der Waals surface area (Å²) in [5.74, 6) is -1.14. The standard InChI is InChI=1S/C14H13ClFNO3/c1-8(12-4-5-13(20-12)14(18)19)17-7-9-2-3-11(16)10(15)6-9/h2-6,8,17H,7H2,1H3,(H,18,19). The molecule has 0 aliphatic heterocycles. The third kappa shape index (κ3) is 3.37. The molecular weight excluding hydrogens is 285 g/mol. The van der Waals surface area contributed by atoms with Crippen LogP contribution in [0.3, 0.4) is 0 Å². The first kappa shape index (κ1) is 14.6. The normalized spacial score (nSPS) is 12.3. The van der Waals surface area contributed by atoms with Gasteiger partial charge < -0.3 is 14.8 Å². The largest absolute Gasteiger partial charge is 0.475 e. The first-order valence-electron chi connectivity index (χ1n) is 5.97. The zero-order valence-corrected chi connectivity index (χ0v) is 11.4. The maximum atomic E-state index is 13.0. The number of halogens is 2. The summed E-state index contributed by atoms with van der Waals surface area (Å²) in [5, 5.41) is 12.0. The lowest BCUT2D eigenvalue weighted by Gasteiger charge is -2.11. The van der Waals surface area contributed by atoms with Crippen LogP contribution in [0, 0.1) is 5.82 Å². The van der Waals surface area contributed by atoms with Gasteiger partial charge in [0, 0.05) is 6.54 Å². The Bertz CT molecular complexity index is 627. The van der Waals surface area contributed by atoms with Gasteiger partial charge in [0.1, 0.15) is 11.6 Å². The molecule has 2 aromatic rings. The molecular formula is C14H13ClFNO3. The molecule has 0 bridgehead atoms. The SMILES string of the molecule is CC(NCc1ccc(F)c(Cl)c1)c1ccc(C(=O)O)o1. The first-order valence-corrected chi connectivity index (χ1v) is 6.35. The minimum Gasteiger partial charge on any atom is -0.475 e. The van der Waals surface area contributed by atoms with Gasteiger partial charge in [-0.1, -0.05) is 17.7 Å². The molecule has 2 N–H and O–H groups in total. The van der Waals surface area contributed by atoms with Crippen LogP contribution in [0.5, 0.6) is 0 Å². The molecule has 0 aliphatic rings. The zero-order chi connectivity index (χ0) is 14.7. The molecule has 0 saturated heterocycles. The molecule has 0 saturated carbocycles. The molecule has 4 nitrogen and oxygen atoms in total. The van der Waals surface area contributed by atoms with Crippen molar-refractivity contribution in [2.24, 2.45) is 0 Å². The van der Waals surface area contributed by atoms with Crippen LogP contribution in [-0.4, -0.2) is 11.1 Å². The second-order valence-corrected chi connectivity index (χ2v) is 4.77. The first-order chi connectivity index (χ1) is 9.47. The highest BCUT2D eigenvalue weighted by Gasteiger charge is 2.13. The van der Waals surface area contributed by atoms with Crippen LogP contribution in [0.15, 0.2) is 34.7 Å². The van der Waals surface area contributed by atoms with E-state index in [0.29, 0.717) is 12.3 Å². The Morgan fingerprint density at radius 1 is 1.45 bits per heavy atom. The number of rotatable bonds is 5. The van der Waals surface area contributed by atoms with Gasteiger partial charge in [-0.3, -0.25) is 0 Å². The Morgan fingerprint density at radius 2 is 2.20 bits per heavy atom. The molecule has 1 atom stereocenters. The van der Waals surface area contributed by atoms with E-state index in [1.54, 1.807) is 18.2 Å². The number of benzene rings is 1. The van der Waals surface area contributed by atoms with Gasteiger partial charge in [0.2, 0.25) is 5.76 Å². The summed E-state index contributed by atoms with van der Waals surface area (Å²) in [7, 11) is 0. The molecule has 106 valence electrons.